The number of hydrogen-bond acceptors (Lipinski definition) is 2. The van der Waals surface area contributed by atoms with Crippen molar-refractivity contribution in [3.63, 3.8) is 0 Å². The SMILES string of the molecule is O=C(/C=C\c1ccccc1)n1cccn1. The molecule has 0 aliphatic rings. The maximum atomic E-state index is 11.5. The number of aromatic nitrogens is 2. The highest BCUT2D eigenvalue weighted by molar-refractivity contribution is 5.92. The van der Waals surface area contributed by atoms with Crippen LogP contribution in [-0.4, -0.2) is 15.7 Å². The lowest BCUT2D eigenvalue weighted by Crippen LogP contribution is -2.06. The average Bonchev–Trinajstić information content (AvgIpc) is 2.81. The second kappa shape index (κ2) is 4.37. The fraction of sp³-hybridized carbons (Fsp3) is 0. The van der Waals surface area contributed by atoms with Crippen LogP contribution in [0.3, 0.4) is 0 Å². The molecule has 0 aliphatic heterocycles. The molecule has 0 spiro atoms. The van der Waals surface area contributed by atoms with E-state index >= 15 is 0 Å². The van der Waals surface area contributed by atoms with Crippen molar-refractivity contribution in [1.82, 2.24) is 9.78 Å². The van der Waals surface area contributed by atoms with Gasteiger partial charge in [-0.2, -0.15) is 5.10 Å². The van der Waals surface area contributed by atoms with Crippen molar-refractivity contribution in [2.75, 3.05) is 0 Å². The predicted molar refractivity (Wildman–Crippen MR) is 58.3 cm³/mol. The van der Waals surface area contributed by atoms with E-state index in [9.17, 15) is 4.79 Å². The molecule has 0 amide bonds. The van der Waals surface area contributed by atoms with Crippen LogP contribution in [0, 0.1) is 0 Å². The maximum Gasteiger partial charge on any atom is 0.270 e. The third-order valence-corrected chi connectivity index (χ3v) is 1.95. The Hall–Kier alpha value is -2.16. The molecule has 3 nitrogen and oxygen atoms in total. The molecule has 0 saturated heterocycles. The third kappa shape index (κ3) is 2.40. The zero-order valence-electron chi connectivity index (χ0n) is 8.08. The first kappa shape index (κ1) is 9.40. The minimum absolute atomic E-state index is 0.149. The van der Waals surface area contributed by atoms with E-state index in [1.165, 1.54) is 10.8 Å². The van der Waals surface area contributed by atoms with E-state index in [0.29, 0.717) is 0 Å². The van der Waals surface area contributed by atoms with Gasteiger partial charge in [0.25, 0.3) is 5.91 Å². The van der Waals surface area contributed by atoms with Crippen LogP contribution in [0.15, 0.2) is 54.9 Å². The summed E-state index contributed by atoms with van der Waals surface area (Å²) in [5.41, 5.74) is 0.998. The topological polar surface area (TPSA) is 34.9 Å². The summed E-state index contributed by atoms with van der Waals surface area (Å²) in [6.07, 6.45) is 6.47. The highest BCUT2D eigenvalue weighted by atomic mass is 16.2. The van der Waals surface area contributed by atoms with Crippen molar-refractivity contribution >= 4 is 12.0 Å². The molecule has 0 aliphatic carbocycles. The number of allylic oxidation sites excluding steroid dienone is 1. The van der Waals surface area contributed by atoms with Gasteiger partial charge in [0.15, 0.2) is 0 Å². The Kier molecular flexibility index (Phi) is 2.74. The Bertz CT molecular complexity index is 458. The van der Waals surface area contributed by atoms with Gasteiger partial charge in [0.2, 0.25) is 0 Å². The van der Waals surface area contributed by atoms with Crippen molar-refractivity contribution in [2.24, 2.45) is 0 Å². The van der Waals surface area contributed by atoms with Gasteiger partial charge in [-0.25, -0.2) is 4.68 Å². The Balaban J connectivity index is 2.10. The largest absolute Gasteiger partial charge is 0.270 e. The van der Waals surface area contributed by atoms with E-state index in [0.717, 1.165) is 5.56 Å². The zero-order valence-corrected chi connectivity index (χ0v) is 8.08. The number of carbonyl (C=O) groups excluding carboxylic acids is 1. The molecule has 1 aromatic heterocycles. The van der Waals surface area contributed by atoms with Crippen LogP contribution in [0.25, 0.3) is 6.08 Å². The van der Waals surface area contributed by atoms with Gasteiger partial charge in [-0.15, -0.1) is 0 Å². The van der Waals surface area contributed by atoms with E-state index in [1.54, 1.807) is 24.5 Å². The van der Waals surface area contributed by atoms with Gasteiger partial charge >= 0.3 is 0 Å². The molecule has 0 unspecified atom stereocenters. The Morgan fingerprint density at radius 1 is 1.20 bits per heavy atom. The van der Waals surface area contributed by atoms with Crippen LogP contribution in [0.2, 0.25) is 0 Å². The van der Waals surface area contributed by atoms with Crippen LogP contribution >= 0.6 is 0 Å². The second-order valence-electron chi connectivity index (χ2n) is 3.03. The highest BCUT2D eigenvalue weighted by Gasteiger charge is 1.97. The normalized spacial score (nSPS) is 10.7. The van der Waals surface area contributed by atoms with E-state index in [2.05, 4.69) is 5.10 Å². The average molecular weight is 198 g/mol. The van der Waals surface area contributed by atoms with Gasteiger partial charge < -0.3 is 0 Å². The monoisotopic (exact) mass is 198 g/mol. The van der Waals surface area contributed by atoms with E-state index in [-0.39, 0.29) is 5.91 Å². The van der Waals surface area contributed by atoms with Gasteiger partial charge in [-0.05, 0) is 17.7 Å². The van der Waals surface area contributed by atoms with Gasteiger partial charge in [0.05, 0.1) is 0 Å². The molecule has 3 heteroatoms. The maximum absolute atomic E-state index is 11.5. The molecule has 0 N–H and O–H groups in total. The minimum atomic E-state index is -0.149. The molecule has 0 fully saturated rings. The van der Waals surface area contributed by atoms with Gasteiger partial charge in [0, 0.05) is 18.5 Å². The first-order valence-corrected chi connectivity index (χ1v) is 4.63. The first-order valence-electron chi connectivity index (χ1n) is 4.63. The first-order chi connectivity index (χ1) is 7.36. The number of nitrogens with zero attached hydrogens (tertiary/aromatic N) is 2. The van der Waals surface area contributed by atoms with Crippen molar-refractivity contribution in [3.8, 4) is 0 Å². The van der Waals surface area contributed by atoms with Crippen LogP contribution in [-0.2, 0) is 0 Å². The van der Waals surface area contributed by atoms with E-state index in [4.69, 9.17) is 0 Å². The molecule has 74 valence electrons. The van der Waals surface area contributed by atoms with Crippen molar-refractivity contribution in [1.29, 1.82) is 0 Å². The second-order valence-corrected chi connectivity index (χ2v) is 3.03. The summed E-state index contributed by atoms with van der Waals surface area (Å²) in [5, 5.41) is 3.84. The molecule has 0 saturated carbocycles. The van der Waals surface area contributed by atoms with Gasteiger partial charge in [-0.1, -0.05) is 30.3 Å². The third-order valence-electron chi connectivity index (χ3n) is 1.95. The summed E-state index contributed by atoms with van der Waals surface area (Å²) in [6, 6.07) is 11.4. The zero-order chi connectivity index (χ0) is 10.5. The number of carbonyl (C=O) groups is 1. The lowest BCUT2D eigenvalue weighted by molar-refractivity contribution is 0.0955. The van der Waals surface area contributed by atoms with Gasteiger partial charge in [0.1, 0.15) is 0 Å². The van der Waals surface area contributed by atoms with Crippen LogP contribution in [0.5, 0.6) is 0 Å². The smallest absolute Gasteiger partial charge is 0.267 e. The number of rotatable bonds is 2. The Labute approximate surface area is 87.7 Å². The van der Waals surface area contributed by atoms with E-state index < -0.39 is 0 Å². The standard InChI is InChI=1S/C12H10N2O/c15-12(14-10-4-9-13-14)8-7-11-5-2-1-3-6-11/h1-10H/b8-7-. The molecule has 1 aromatic carbocycles. The minimum Gasteiger partial charge on any atom is -0.267 e. The fourth-order valence-electron chi connectivity index (χ4n) is 1.21. The van der Waals surface area contributed by atoms with Crippen molar-refractivity contribution < 1.29 is 4.79 Å². The van der Waals surface area contributed by atoms with E-state index in [1.807, 2.05) is 30.3 Å². The number of hydrogen-bond donors (Lipinski definition) is 0. The molecule has 2 aromatic rings. The predicted octanol–water partition coefficient (Wildman–Crippen LogP) is 2.24. The quantitative estimate of drug-likeness (QED) is 0.693. The fourth-order valence-corrected chi connectivity index (χ4v) is 1.21. The molecular formula is C12H10N2O. The van der Waals surface area contributed by atoms with Crippen molar-refractivity contribution in [3.05, 3.63) is 60.4 Å². The summed E-state index contributed by atoms with van der Waals surface area (Å²) >= 11 is 0. The molecule has 1 heterocycles. The highest BCUT2D eigenvalue weighted by Crippen LogP contribution is 2.01. The summed E-state index contributed by atoms with van der Waals surface area (Å²) in [4.78, 5) is 11.5. The Morgan fingerprint density at radius 2 is 2.00 bits per heavy atom. The molecule has 15 heavy (non-hydrogen) atoms. The Morgan fingerprint density at radius 3 is 2.67 bits per heavy atom. The summed E-state index contributed by atoms with van der Waals surface area (Å²) < 4.78 is 1.29. The van der Waals surface area contributed by atoms with Gasteiger partial charge in [-0.3, -0.25) is 4.79 Å². The van der Waals surface area contributed by atoms with Crippen LogP contribution in [0.1, 0.15) is 10.4 Å². The summed E-state index contributed by atoms with van der Waals surface area (Å²) in [6.45, 7) is 0. The van der Waals surface area contributed by atoms with Crippen LogP contribution in [0.4, 0.5) is 0 Å². The van der Waals surface area contributed by atoms with Crippen LogP contribution < -0.4 is 0 Å². The molecular weight excluding hydrogens is 188 g/mol. The molecule has 2 rings (SSSR count). The lowest BCUT2D eigenvalue weighted by atomic mass is 10.2. The molecule has 0 atom stereocenters. The summed E-state index contributed by atoms with van der Waals surface area (Å²) in [5.74, 6) is -0.149. The van der Waals surface area contributed by atoms with Crippen molar-refractivity contribution in [2.45, 2.75) is 0 Å². The lowest BCUT2D eigenvalue weighted by Gasteiger charge is -1.93. The summed E-state index contributed by atoms with van der Waals surface area (Å²) in [7, 11) is 0. The molecule has 0 bridgehead atoms. The molecule has 0 radical (unpaired) electrons. The number of benzene rings is 1.